The molecule has 2 aliphatic heterocycles. The summed E-state index contributed by atoms with van der Waals surface area (Å²) in [6.07, 6.45) is 7.81. The zero-order valence-corrected chi connectivity index (χ0v) is 14.5. The number of anilines is 2. The second-order valence-corrected chi connectivity index (χ2v) is 7.83. The van der Waals surface area contributed by atoms with Gasteiger partial charge in [0, 0.05) is 0 Å². The maximum Gasteiger partial charge on any atom is 0.247 e. The quantitative estimate of drug-likeness (QED) is 0.745. The second kappa shape index (κ2) is 5.62. The molecule has 1 spiro atoms. The monoisotopic (exact) mass is 332 g/mol. The van der Waals surface area contributed by atoms with Crippen molar-refractivity contribution in [2.45, 2.75) is 51.0 Å². The Balaban J connectivity index is 1.63. The highest BCUT2D eigenvalue weighted by Gasteiger charge is 2.55. The minimum absolute atomic E-state index is 0.113. The molecule has 0 N–H and O–H groups in total. The zero-order chi connectivity index (χ0) is 16.9. The zero-order valence-electron chi connectivity index (χ0n) is 14.5. The van der Waals surface area contributed by atoms with Crippen LogP contribution in [0, 0.1) is 5.41 Å². The lowest BCUT2D eigenvalue weighted by Gasteiger charge is -2.43. The minimum Gasteiger partial charge on any atom is -0.272 e. The SMILES string of the molecule is O=C1N2C(Cc3ccccc3N2c2ccccc2)CC12CCCCC2. The Morgan fingerprint density at radius 2 is 1.60 bits per heavy atom. The minimum atomic E-state index is -0.113. The lowest BCUT2D eigenvalue weighted by Crippen LogP contribution is -2.51. The highest BCUT2D eigenvalue weighted by Crippen LogP contribution is 2.52. The molecule has 3 nitrogen and oxygen atoms in total. The van der Waals surface area contributed by atoms with Gasteiger partial charge in [-0.05, 0) is 49.4 Å². The van der Waals surface area contributed by atoms with E-state index in [1.807, 2.05) is 6.07 Å². The maximum absolute atomic E-state index is 13.6. The number of para-hydroxylation sites is 2. The van der Waals surface area contributed by atoms with E-state index in [0.29, 0.717) is 11.9 Å². The Hall–Kier alpha value is -2.29. The van der Waals surface area contributed by atoms with Crippen LogP contribution >= 0.6 is 0 Å². The topological polar surface area (TPSA) is 23.6 Å². The van der Waals surface area contributed by atoms with Crippen LogP contribution < -0.4 is 5.01 Å². The van der Waals surface area contributed by atoms with Crippen molar-refractivity contribution >= 4 is 17.3 Å². The summed E-state index contributed by atoms with van der Waals surface area (Å²) >= 11 is 0. The molecule has 1 atom stereocenters. The van der Waals surface area contributed by atoms with Crippen molar-refractivity contribution in [3.05, 3.63) is 60.2 Å². The third-order valence-corrected chi connectivity index (χ3v) is 6.34. The third-order valence-electron chi connectivity index (χ3n) is 6.34. The second-order valence-electron chi connectivity index (χ2n) is 7.83. The van der Waals surface area contributed by atoms with Gasteiger partial charge in [-0.15, -0.1) is 0 Å². The number of carbonyl (C=O) groups excluding carboxylic acids is 1. The first-order chi connectivity index (χ1) is 12.3. The molecule has 5 rings (SSSR count). The molecule has 1 aliphatic carbocycles. The molecule has 0 aromatic heterocycles. The van der Waals surface area contributed by atoms with E-state index in [1.165, 1.54) is 24.8 Å². The molecular weight excluding hydrogens is 308 g/mol. The Bertz CT molecular complexity index is 795. The number of hydrogen-bond donors (Lipinski definition) is 0. The fourth-order valence-corrected chi connectivity index (χ4v) is 5.19. The average Bonchev–Trinajstić information content (AvgIpc) is 2.92. The molecule has 1 unspecified atom stereocenters. The van der Waals surface area contributed by atoms with Crippen LogP contribution in [0.3, 0.4) is 0 Å². The first-order valence-electron chi connectivity index (χ1n) is 9.55. The van der Waals surface area contributed by atoms with Crippen LogP contribution in [-0.4, -0.2) is 17.0 Å². The fourth-order valence-electron chi connectivity index (χ4n) is 5.19. The molecule has 3 heteroatoms. The van der Waals surface area contributed by atoms with Crippen LogP contribution in [0.2, 0.25) is 0 Å². The largest absolute Gasteiger partial charge is 0.272 e. The van der Waals surface area contributed by atoms with Gasteiger partial charge in [0.2, 0.25) is 5.91 Å². The van der Waals surface area contributed by atoms with Crippen LogP contribution in [-0.2, 0) is 11.2 Å². The fraction of sp³-hybridized carbons (Fsp3) is 0.409. The van der Waals surface area contributed by atoms with E-state index < -0.39 is 0 Å². The number of carbonyl (C=O) groups is 1. The first kappa shape index (κ1) is 15.0. The number of nitrogens with zero attached hydrogens (tertiary/aromatic N) is 2. The molecule has 0 radical (unpaired) electrons. The Morgan fingerprint density at radius 3 is 2.40 bits per heavy atom. The number of benzene rings is 2. The van der Waals surface area contributed by atoms with Crippen LogP contribution in [0.15, 0.2) is 54.6 Å². The van der Waals surface area contributed by atoms with Crippen molar-refractivity contribution in [1.29, 1.82) is 0 Å². The summed E-state index contributed by atoms with van der Waals surface area (Å²) < 4.78 is 0. The summed E-state index contributed by atoms with van der Waals surface area (Å²) in [5, 5.41) is 4.29. The van der Waals surface area contributed by atoms with Gasteiger partial charge in [0.1, 0.15) is 0 Å². The van der Waals surface area contributed by atoms with Crippen molar-refractivity contribution < 1.29 is 4.79 Å². The molecule has 2 aromatic carbocycles. The van der Waals surface area contributed by atoms with E-state index in [0.717, 1.165) is 37.1 Å². The van der Waals surface area contributed by atoms with Crippen LogP contribution in [0.25, 0.3) is 0 Å². The third kappa shape index (κ3) is 2.21. The standard InChI is InChI=1S/C22H24N2O/c25-21-22(13-7-2-8-14-22)16-19-15-17-9-5-6-12-20(17)23(24(19)21)18-10-3-1-4-11-18/h1,3-6,9-12,19H,2,7-8,13-16H2. The number of hydrogen-bond acceptors (Lipinski definition) is 2. The van der Waals surface area contributed by atoms with Crippen LogP contribution in [0.4, 0.5) is 11.4 Å². The van der Waals surface area contributed by atoms with E-state index >= 15 is 0 Å². The maximum atomic E-state index is 13.6. The summed E-state index contributed by atoms with van der Waals surface area (Å²) in [5.74, 6) is 0.357. The molecule has 1 saturated heterocycles. The summed E-state index contributed by atoms with van der Waals surface area (Å²) in [6, 6.07) is 19.2. The van der Waals surface area contributed by atoms with Gasteiger partial charge in [0.15, 0.2) is 0 Å². The van der Waals surface area contributed by atoms with Gasteiger partial charge in [-0.1, -0.05) is 55.7 Å². The molecule has 1 amide bonds. The Kier molecular flexibility index (Phi) is 3.37. The molecule has 1 saturated carbocycles. The molecule has 3 aliphatic rings. The van der Waals surface area contributed by atoms with Gasteiger partial charge in [0.05, 0.1) is 22.8 Å². The van der Waals surface area contributed by atoms with Gasteiger partial charge in [-0.3, -0.25) is 9.80 Å². The number of fused-ring (bicyclic) bond motifs is 2. The molecule has 25 heavy (non-hydrogen) atoms. The Morgan fingerprint density at radius 1 is 0.880 bits per heavy atom. The predicted molar refractivity (Wildman–Crippen MR) is 99.5 cm³/mol. The summed E-state index contributed by atoms with van der Waals surface area (Å²) in [5.41, 5.74) is 3.48. The molecule has 2 aromatic rings. The number of rotatable bonds is 1. The average molecular weight is 332 g/mol. The van der Waals surface area contributed by atoms with E-state index in [-0.39, 0.29) is 5.41 Å². The van der Waals surface area contributed by atoms with Crippen molar-refractivity contribution in [2.75, 3.05) is 5.01 Å². The van der Waals surface area contributed by atoms with E-state index in [9.17, 15) is 4.79 Å². The normalized spacial score (nSPS) is 24.3. The summed E-state index contributed by atoms with van der Waals surface area (Å²) in [4.78, 5) is 13.6. The van der Waals surface area contributed by atoms with Gasteiger partial charge >= 0.3 is 0 Å². The lowest BCUT2D eigenvalue weighted by atomic mass is 9.72. The summed E-state index contributed by atoms with van der Waals surface area (Å²) in [6.45, 7) is 0. The Labute approximate surface area is 149 Å². The molecule has 0 bridgehead atoms. The summed E-state index contributed by atoms with van der Waals surface area (Å²) in [7, 11) is 0. The van der Waals surface area contributed by atoms with Crippen LogP contribution in [0.5, 0.6) is 0 Å². The van der Waals surface area contributed by atoms with Gasteiger partial charge in [-0.2, -0.15) is 0 Å². The van der Waals surface area contributed by atoms with Crippen molar-refractivity contribution in [3.63, 3.8) is 0 Å². The first-order valence-corrected chi connectivity index (χ1v) is 9.55. The smallest absolute Gasteiger partial charge is 0.247 e. The molecular formula is C22H24N2O. The molecule has 128 valence electrons. The van der Waals surface area contributed by atoms with Gasteiger partial charge in [-0.25, -0.2) is 5.01 Å². The highest BCUT2D eigenvalue weighted by atomic mass is 16.2. The van der Waals surface area contributed by atoms with Crippen molar-refractivity contribution in [3.8, 4) is 0 Å². The number of amides is 1. The number of hydrazine groups is 1. The van der Waals surface area contributed by atoms with E-state index in [2.05, 4.69) is 58.5 Å². The van der Waals surface area contributed by atoms with Gasteiger partial charge in [0.25, 0.3) is 0 Å². The van der Waals surface area contributed by atoms with E-state index in [4.69, 9.17) is 0 Å². The van der Waals surface area contributed by atoms with Gasteiger partial charge < -0.3 is 0 Å². The molecule has 2 heterocycles. The predicted octanol–water partition coefficient (Wildman–Crippen LogP) is 4.85. The van der Waals surface area contributed by atoms with Crippen molar-refractivity contribution in [2.24, 2.45) is 5.41 Å². The lowest BCUT2D eigenvalue weighted by molar-refractivity contribution is -0.138. The molecule has 2 fully saturated rings. The highest BCUT2D eigenvalue weighted by molar-refractivity contribution is 5.90. The van der Waals surface area contributed by atoms with Crippen molar-refractivity contribution in [1.82, 2.24) is 5.01 Å². The van der Waals surface area contributed by atoms with E-state index in [1.54, 1.807) is 0 Å². The van der Waals surface area contributed by atoms with Crippen LogP contribution in [0.1, 0.15) is 44.1 Å².